The largest absolute Gasteiger partial charge is 0.480 e. The Balaban J connectivity index is 1.97. The van der Waals surface area contributed by atoms with Crippen LogP contribution in [0.5, 0.6) is 0 Å². The number of anilines is 1. The Bertz CT molecular complexity index is 649. The predicted octanol–water partition coefficient (Wildman–Crippen LogP) is 0.726. The van der Waals surface area contributed by atoms with E-state index in [-0.39, 0.29) is 24.9 Å². The van der Waals surface area contributed by atoms with Crippen LogP contribution in [-0.4, -0.2) is 70.4 Å². The van der Waals surface area contributed by atoms with Crippen LogP contribution in [0.25, 0.3) is 0 Å². The molecule has 2 heterocycles. The minimum Gasteiger partial charge on any atom is -0.480 e. The van der Waals surface area contributed by atoms with Gasteiger partial charge >= 0.3 is 5.97 Å². The average molecular weight is 348 g/mol. The third-order valence-corrected chi connectivity index (χ3v) is 4.19. The summed E-state index contributed by atoms with van der Waals surface area (Å²) in [6, 6.07) is 3.12. The van der Waals surface area contributed by atoms with E-state index in [9.17, 15) is 14.4 Å². The molecule has 0 aliphatic carbocycles. The van der Waals surface area contributed by atoms with E-state index < -0.39 is 12.0 Å². The summed E-state index contributed by atoms with van der Waals surface area (Å²) < 4.78 is 0. The summed E-state index contributed by atoms with van der Waals surface area (Å²) >= 11 is 0. The Hall–Kier alpha value is -2.48. The van der Waals surface area contributed by atoms with Crippen molar-refractivity contribution in [3.8, 4) is 0 Å². The van der Waals surface area contributed by atoms with Gasteiger partial charge in [-0.1, -0.05) is 0 Å². The number of likely N-dealkylation sites (tertiary alicyclic amines) is 1. The number of likely N-dealkylation sites (N-methyl/N-ethyl adjacent to an activating group) is 1. The third kappa shape index (κ3) is 5.53. The highest BCUT2D eigenvalue weighted by Gasteiger charge is 2.31. The van der Waals surface area contributed by atoms with Gasteiger partial charge in [0.1, 0.15) is 12.4 Å². The zero-order valence-electron chi connectivity index (χ0n) is 14.6. The fourth-order valence-corrected chi connectivity index (χ4v) is 2.94. The lowest BCUT2D eigenvalue weighted by molar-refractivity contribution is -0.146. The summed E-state index contributed by atoms with van der Waals surface area (Å²) in [5.41, 5.74) is 0.988. The summed E-state index contributed by atoms with van der Waals surface area (Å²) in [5.74, 6) is -1.05. The summed E-state index contributed by atoms with van der Waals surface area (Å²) in [7, 11) is 1.70. The molecule has 8 heteroatoms. The minimum absolute atomic E-state index is 0.0347. The maximum atomic E-state index is 12.6. The number of aliphatic carboxylic acids is 1. The van der Waals surface area contributed by atoms with E-state index in [0.29, 0.717) is 18.8 Å². The van der Waals surface area contributed by atoms with Gasteiger partial charge in [0, 0.05) is 12.7 Å². The molecule has 2 N–H and O–H groups in total. The molecule has 0 bridgehead atoms. The van der Waals surface area contributed by atoms with Crippen molar-refractivity contribution in [2.24, 2.45) is 0 Å². The average Bonchev–Trinajstić information content (AvgIpc) is 2.69. The number of carboxylic acids is 1. The summed E-state index contributed by atoms with van der Waals surface area (Å²) in [5, 5.41) is 11.7. The van der Waals surface area contributed by atoms with Crippen molar-refractivity contribution in [1.82, 2.24) is 14.8 Å². The van der Waals surface area contributed by atoms with Gasteiger partial charge in [0.15, 0.2) is 0 Å². The van der Waals surface area contributed by atoms with Crippen LogP contribution in [0.15, 0.2) is 18.3 Å². The molecule has 1 aliphatic heterocycles. The number of nitrogens with zero attached hydrogens (tertiary/aromatic N) is 3. The molecule has 1 atom stereocenters. The first-order chi connectivity index (χ1) is 11.9. The molecule has 25 heavy (non-hydrogen) atoms. The molecule has 2 amide bonds. The Morgan fingerprint density at radius 2 is 2.20 bits per heavy atom. The first-order valence-electron chi connectivity index (χ1n) is 8.30. The molecule has 0 saturated carbocycles. The highest BCUT2D eigenvalue weighted by molar-refractivity contribution is 5.92. The van der Waals surface area contributed by atoms with Gasteiger partial charge in [0.2, 0.25) is 11.8 Å². The van der Waals surface area contributed by atoms with Crippen LogP contribution in [-0.2, 0) is 14.4 Å². The molecule has 1 aromatic rings. The number of amides is 2. The lowest BCUT2D eigenvalue weighted by Crippen LogP contribution is -2.49. The second-order valence-electron chi connectivity index (χ2n) is 6.35. The third-order valence-electron chi connectivity index (χ3n) is 4.19. The Labute approximate surface area is 146 Å². The number of aromatic nitrogens is 1. The number of carbonyl (C=O) groups excluding carboxylic acids is 2. The van der Waals surface area contributed by atoms with Crippen molar-refractivity contribution < 1.29 is 19.5 Å². The number of carbonyl (C=O) groups is 3. The van der Waals surface area contributed by atoms with Crippen LogP contribution in [0.2, 0.25) is 0 Å². The first-order valence-corrected chi connectivity index (χ1v) is 8.30. The van der Waals surface area contributed by atoms with Gasteiger partial charge in [0.05, 0.1) is 12.6 Å². The van der Waals surface area contributed by atoms with E-state index in [1.807, 2.05) is 13.0 Å². The van der Waals surface area contributed by atoms with E-state index in [1.165, 1.54) is 4.90 Å². The molecular weight excluding hydrogens is 324 g/mol. The molecule has 1 aliphatic rings. The molecule has 1 aromatic heterocycles. The van der Waals surface area contributed by atoms with Crippen molar-refractivity contribution in [3.05, 3.63) is 23.9 Å². The van der Waals surface area contributed by atoms with Gasteiger partial charge < -0.3 is 15.3 Å². The zero-order valence-corrected chi connectivity index (χ0v) is 14.6. The Morgan fingerprint density at radius 1 is 1.44 bits per heavy atom. The number of pyridine rings is 1. The van der Waals surface area contributed by atoms with Crippen molar-refractivity contribution in [2.75, 3.05) is 32.0 Å². The van der Waals surface area contributed by atoms with Gasteiger partial charge in [-0.2, -0.15) is 0 Å². The second kappa shape index (κ2) is 8.57. The van der Waals surface area contributed by atoms with Gasteiger partial charge in [-0.25, -0.2) is 4.98 Å². The molecule has 136 valence electrons. The van der Waals surface area contributed by atoms with E-state index in [2.05, 4.69) is 10.3 Å². The molecular formula is C17H24N4O4. The van der Waals surface area contributed by atoms with Crippen molar-refractivity contribution in [2.45, 2.75) is 32.2 Å². The molecule has 8 nitrogen and oxygen atoms in total. The van der Waals surface area contributed by atoms with Crippen LogP contribution in [0.1, 0.15) is 24.8 Å². The molecule has 1 saturated heterocycles. The van der Waals surface area contributed by atoms with E-state index >= 15 is 0 Å². The predicted molar refractivity (Wildman–Crippen MR) is 92.1 cm³/mol. The standard InChI is InChI=1S/C17H24N4O4/c1-12-6-7-18-14(9-12)19-15(22)10-20(2)13-5-3-4-8-21(17(13)25)11-16(23)24/h6-7,9,13H,3-5,8,10-11H2,1-2H3,(H,23,24)(H,18,19,22). The maximum Gasteiger partial charge on any atom is 0.323 e. The molecule has 1 fully saturated rings. The van der Waals surface area contributed by atoms with Crippen molar-refractivity contribution in [1.29, 1.82) is 0 Å². The Kier molecular flexibility index (Phi) is 6.46. The minimum atomic E-state index is -1.03. The zero-order chi connectivity index (χ0) is 18.4. The monoisotopic (exact) mass is 348 g/mol. The number of hydrogen-bond acceptors (Lipinski definition) is 5. The first kappa shape index (κ1) is 18.9. The van der Waals surface area contributed by atoms with Crippen LogP contribution >= 0.6 is 0 Å². The van der Waals surface area contributed by atoms with Crippen LogP contribution in [0.4, 0.5) is 5.82 Å². The van der Waals surface area contributed by atoms with Crippen LogP contribution < -0.4 is 5.32 Å². The highest BCUT2D eigenvalue weighted by Crippen LogP contribution is 2.16. The quantitative estimate of drug-likeness (QED) is 0.785. The molecule has 0 spiro atoms. The summed E-state index contributed by atoms with van der Waals surface area (Å²) in [6.45, 7) is 2.08. The topological polar surface area (TPSA) is 103 Å². The van der Waals surface area contributed by atoms with Gasteiger partial charge in [-0.15, -0.1) is 0 Å². The van der Waals surface area contributed by atoms with Crippen molar-refractivity contribution >= 4 is 23.6 Å². The second-order valence-corrected chi connectivity index (χ2v) is 6.35. The van der Waals surface area contributed by atoms with Crippen LogP contribution in [0.3, 0.4) is 0 Å². The normalized spacial score (nSPS) is 18.1. The highest BCUT2D eigenvalue weighted by atomic mass is 16.4. The molecule has 1 unspecified atom stereocenters. The van der Waals surface area contributed by atoms with Crippen molar-refractivity contribution in [3.63, 3.8) is 0 Å². The van der Waals surface area contributed by atoms with Gasteiger partial charge in [-0.05, 0) is 50.9 Å². The fraction of sp³-hybridized carbons (Fsp3) is 0.529. The lowest BCUT2D eigenvalue weighted by Gasteiger charge is -2.29. The fourth-order valence-electron chi connectivity index (χ4n) is 2.94. The summed E-state index contributed by atoms with van der Waals surface area (Å²) in [6.07, 6.45) is 3.81. The number of hydrogen-bond donors (Lipinski definition) is 2. The maximum absolute atomic E-state index is 12.6. The Morgan fingerprint density at radius 3 is 2.88 bits per heavy atom. The van der Waals surface area contributed by atoms with Gasteiger partial charge in [-0.3, -0.25) is 19.3 Å². The summed E-state index contributed by atoms with van der Waals surface area (Å²) in [4.78, 5) is 42.8. The van der Waals surface area contributed by atoms with E-state index in [0.717, 1.165) is 18.4 Å². The number of nitrogens with one attached hydrogen (secondary N) is 1. The molecule has 0 aromatic carbocycles. The van der Waals surface area contributed by atoms with E-state index in [4.69, 9.17) is 5.11 Å². The number of aryl methyl sites for hydroxylation is 1. The number of rotatable bonds is 6. The smallest absolute Gasteiger partial charge is 0.323 e. The SMILES string of the molecule is Cc1ccnc(NC(=O)CN(C)C2CCCCN(CC(=O)O)C2=O)c1. The molecule has 2 rings (SSSR count). The van der Waals surface area contributed by atoms with Crippen LogP contribution in [0, 0.1) is 6.92 Å². The lowest BCUT2D eigenvalue weighted by atomic mass is 10.1. The van der Waals surface area contributed by atoms with E-state index in [1.54, 1.807) is 24.2 Å². The molecule has 0 radical (unpaired) electrons. The number of carboxylic acid groups (broad SMARTS) is 1. The van der Waals surface area contributed by atoms with Gasteiger partial charge in [0.25, 0.3) is 0 Å².